The van der Waals surface area contributed by atoms with Gasteiger partial charge < -0.3 is 26.4 Å². The molecule has 1 atom stereocenters. The number of carbonyl (C=O) groups excluding carboxylic acids is 2. The van der Waals surface area contributed by atoms with Crippen molar-refractivity contribution < 1.29 is 19.5 Å². The lowest BCUT2D eigenvalue weighted by Crippen LogP contribution is -2.41. The van der Waals surface area contributed by atoms with Crippen LogP contribution in [-0.2, 0) is 4.79 Å². The number of carbonyl (C=O) groups is 3. The molecule has 0 saturated heterocycles. The molecule has 0 spiro atoms. The summed E-state index contributed by atoms with van der Waals surface area (Å²) < 4.78 is 0. The first-order valence-corrected chi connectivity index (χ1v) is 7.34. The summed E-state index contributed by atoms with van der Waals surface area (Å²) in [7, 11) is 1.54. The second-order valence-electron chi connectivity index (χ2n) is 5.39. The van der Waals surface area contributed by atoms with Crippen LogP contribution in [-0.4, -0.2) is 42.1 Å². The van der Waals surface area contributed by atoms with Gasteiger partial charge in [-0.05, 0) is 31.9 Å². The first-order valence-electron chi connectivity index (χ1n) is 7.34. The SMILES string of the molecule is CNC(=O)c1cccc(NC(=O)C(C)NC(=O)O)c1NC1CC1. The molecule has 0 radical (unpaired) electrons. The quantitative estimate of drug-likeness (QED) is 0.540. The van der Waals surface area contributed by atoms with Gasteiger partial charge in [0.15, 0.2) is 0 Å². The minimum Gasteiger partial charge on any atom is -0.465 e. The normalized spacial score (nSPS) is 14.5. The van der Waals surface area contributed by atoms with Crippen LogP contribution in [0.1, 0.15) is 30.1 Å². The summed E-state index contributed by atoms with van der Waals surface area (Å²) in [5.41, 5.74) is 1.42. The van der Waals surface area contributed by atoms with E-state index in [1.54, 1.807) is 18.2 Å². The van der Waals surface area contributed by atoms with Crippen LogP contribution >= 0.6 is 0 Å². The molecule has 1 aromatic rings. The van der Waals surface area contributed by atoms with Crippen LogP contribution in [0, 0.1) is 0 Å². The Morgan fingerprint density at radius 3 is 2.52 bits per heavy atom. The van der Waals surface area contributed by atoms with Gasteiger partial charge in [-0.2, -0.15) is 0 Å². The van der Waals surface area contributed by atoms with E-state index in [0.717, 1.165) is 12.8 Å². The molecule has 0 heterocycles. The van der Waals surface area contributed by atoms with Crippen molar-refractivity contribution in [1.29, 1.82) is 0 Å². The Morgan fingerprint density at radius 2 is 1.96 bits per heavy atom. The summed E-state index contributed by atoms with van der Waals surface area (Å²) in [5.74, 6) is -0.763. The summed E-state index contributed by atoms with van der Waals surface area (Å²) in [4.78, 5) is 34.7. The maximum absolute atomic E-state index is 12.1. The fraction of sp³-hybridized carbons (Fsp3) is 0.400. The minimum absolute atomic E-state index is 0.263. The van der Waals surface area contributed by atoms with Gasteiger partial charge in [-0.3, -0.25) is 9.59 Å². The molecular formula is C15H20N4O4. The van der Waals surface area contributed by atoms with E-state index in [1.807, 2.05) is 0 Å². The van der Waals surface area contributed by atoms with Gasteiger partial charge in [0.2, 0.25) is 5.91 Å². The number of anilines is 2. The highest BCUT2D eigenvalue weighted by Crippen LogP contribution is 2.32. The Hall–Kier alpha value is -2.77. The molecule has 5 N–H and O–H groups in total. The summed E-state index contributed by atoms with van der Waals surface area (Å²) in [6, 6.07) is 4.37. The lowest BCUT2D eigenvalue weighted by molar-refractivity contribution is -0.117. The standard InChI is InChI=1S/C15H20N4O4/c1-8(17-15(22)23)13(20)19-11-5-3-4-10(14(21)16-2)12(11)18-9-6-7-9/h3-5,8-9,17-18H,6-7H2,1-2H3,(H,16,21)(H,19,20)(H,22,23). The van der Waals surface area contributed by atoms with Crippen LogP contribution in [0.4, 0.5) is 16.2 Å². The molecule has 1 unspecified atom stereocenters. The van der Waals surface area contributed by atoms with Crippen LogP contribution < -0.4 is 21.3 Å². The van der Waals surface area contributed by atoms with Gasteiger partial charge in [0.25, 0.3) is 5.91 Å². The van der Waals surface area contributed by atoms with E-state index in [0.29, 0.717) is 16.9 Å². The molecule has 1 saturated carbocycles. The molecule has 0 aliphatic heterocycles. The Labute approximate surface area is 133 Å². The zero-order valence-electron chi connectivity index (χ0n) is 13.0. The summed E-state index contributed by atoms with van der Waals surface area (Å²) in [5, 5.41) is 19.2. The molecule has 0 aromatic heterocycles. The van der Waals surface area contributed by atoms with Crippen LogP contribution in [0.25, 0.3) is 0 Å². The van der Waals surface area contributed by atoms with E-state index in [1.165, 1.54) is 14.0 Å². The number of hydrogen-bond donors (Lipinski definition) is 5. The van der Waals surface area contributed by atoms with E-state index < -0.39 is 18.0 Å². The monoisotopic (exact) mass is 320 g/mol. The molecular weight excluding hydrogens is 300 g/mol. The van der Waals surface area contributed by atoms with Gasteiger partial charge in [0.05, 0.1) is 16.9 Å². The number of carboxylic acid groups (broad SMARTS) is 1. The third kappa shape index (κ3) is 4.35. The van der Waals surface area contributed by atoms with Crippen molar-refractivity contribution in [3.05, 3.63) is 23.8 Å². The highest BCUT2D eigenvalue weighted by Gasteiger charge is 2.26. The first kappa shape index (κ1) is 16.6. The van der Waals surface area contributed by atoms with E-state index in [4.69, 9.17) is 5.11 Å². The highest BCUT2D eigenvalue weighted by atomic mass is 16.4. The molecule has 124 valence electrons. The lowest BCUT2D eigenvalue weighted by atomic mass is 10.1. The number of nitrogens with one attached hydrogen (secondary N) is 4. The smallest absolute Gasteiger partial charge is 0.405 e. The van der Waals surface area contributed by atoms with Crippen molar-refractivity contribution in [2.75, 3.05) is 17.7 Å². The number of amides is 3. The molecule has 8 nitrogen and oxygen atoms in total. The predicted octanol–water partition coefficient (Wildman–Crippen LogP) is 1.22. The molecule has 1 fully saturated rings. The zero-order chi connectivity index (χ0) is 17.0. The van der Waals surface area contributed by atoms with Crippen molar-refractivity contribution in [3.8, 4) is 0 Å². The van der Waals surface area contributed by atoms with Gasteiger partial charge in [-0.15, -0.1) is 0 Å². The Bertz CT molecular complexity index is 628. The largest absolute Gasteiger partial charge is 0.465 e. The molecule has 3 amide bonds. The van der Waals surface area contributed by atoms with Crippen molar-refractivity contribution in [2.24, 2.45) is 0 Å². The molecule has 23 heavy (non-hydrogen) atoms. The predicted molar refractivity (Wildman–Crippen MR) is 85.7 cm³/mol. The van der Waals surface area contributed by atoms with Crippen LogP contribution in [0.15, 0.2) is 18.2 Å². The second-order valence-corrected chi connectivity index (χ2v) is 5.39. The number of benzene rings is 1. The molecule has 2 rings (SSSR count). The Balaban J connectivity index is 2.24. The van der Waals surface area contributed by atoms with E-state index in [2.05, 4.69) is 21.3 Å². The summed E-state index contributed by atoms with van der Waals surface area (Å²) in [6.45, 7) is 1.44. The van der Waals surface area contributed by atoms with Gasteiger partial charge in [-0.25, -0.2) is 4.79 Å². The fourth-order valence-electron chi connectivity index (χ4n) is 2.06. The molecule has 1 aliphatic carbocycles. The first-order chi connectivity index (χ1) is 10.9. The Morgan fingerprint density at radius 1 is 1.26 bits per heavy atom. The fourth-order valence-corrected chi connectivity index (χ4v) is 2.06. The molecule has 1 aromatic carbocycles. The van der Waals surface area contributed by atoms with E-state index >= 15 is 0 Å². The van der Waals surface area contributed by atoms with Gasteiger partial charge >= 0.3 is 6.09 Å². The van der Waals surface area contributed by atoms with E-state index in [9.17, 15) is 14.4 Å². The van der Waals surface area contributed by atoms with Gasteiger partial charge in [0.1, 0.15) is 6.04 Å². The van der Waals surface area contributed by atoms with Crippen molar-refractivity contribution in [2.45, 2.75) is 31.8 Å². The second kappa shape index (κ2) is 6.99. The van der Waals surface area contributed by atoms with Crippen molar-refractivity contribution in [1.82, 2.24) is 10.6 Å². The van der Waals surface area contributed by atoms with Gasteiger partial charge in [-0.1, -0.05) is 6.07 Å². The maximum Gasteiger partial charge on any atom is 0.405 e. The highest BCUT2D eigenvalue weighted by molar-refractivity contribution is 6.06. The number of para-hydroxylation sites is 1. The van der Waals surface area contributed by atoms with Crippen molar-refractivity contribution >= 4 is 29.3 Å². The molecule has 0 bridgehead atoms. The number of rotatable bonds is 6. The van der Waals surface area contributed by atoms with Gasteiger partial charge in [0, 0.05) is 13.1 Å². The summed E-state index contributed by atoms with van der Waals surface area (Å²) in [6.07, 6.45) is 0.738. The third-order valence-electron chi connectivity index (χ3n) is 3.45. The van der Waals surface area contributed by atoms with Crippen LogP contribution in [0.5, 0.6) is 0 Å². The van der Waals surface area contributed by atoms with Crippen LogP contribution in [0.2, 0.25) is 0 Å². The zero-order valence-corrected chi connectivity index (χ0v) is 13.0. The topological polar surface area (TPSA) is 120 Å². The maximum atomic E-state index is 12.1. The minimum atomic E-state index is -1.27. The average molecular weight is 320 g/mol. The van der Waals surface area contributed by atoms with E-state index in [-0.39, 0.29) is 11.9 Å². The van der Waals surface area contributed by atoms with Crippen LogP contribution in [0.3, 0.4) is 0 Å². The molecule has 8 heteroatoms. The third-order valence-corrected chi connectivity index (χ3v) is 3.45. The van der Waals surface area contributed by atoms with Crippen molar-refractivity contribution in [3.63, 3.8) is 0 Å². The summed E-state index contributed by atoms with van der Waals surface area (Å²) >= 11 is 0. The number of hydrogen-bond acceptors (Lipinski definition) is 4. The average Bonchev–Trinajstić information content (AvgIpc) is 3.31. The lowest BCUT2D eigenvalue weighted by Gasteiger charge is -2.18. The molecule has 1 aliphatic rings. The Kier molecular flexibility index (Phi) is 5.05.